The van der Waals surface area contributed by atoms with Crippen molar-refractivity contribution in [3.05, 3.63) is 28.8 Å². The van der Waals surface area contributed by atoms with Gasteiger partial charge in [0.25, 0.3) is 0 Å². The molecule has 2 rings (SSSR count). The van der Waals surface area contributed by atoms with Crippen LogP contribution in [0.3, 0.4) is 0 Å². The van der Waals surface area contributed by atoms with E-state index in [1.165, 1.54) is 12.8 Å². The van der Waals surface area contributed by atoms with E-state index in [1.54, 1.807) is 12.1 Å². The summed E-state index contributed by atoms with van der Waals surface area (Å²) in [5.74, 6) is 0.281. The minimum absolute atomic E-state index is 0.281. The number of halogens is 1. The van der Waals surface area contributed by atoms with Gasteiger partial charge >= 0.3 is 0 Å². The second kappa shape index (κ2) is 5.71. The van der Waals surface area contributed by atoms with Crippen molar-refractivity contribution in [2.75, 3.05) is 20.1 Å². The predicted molar refractivity (Wildman–Crippen MR) is 70.5 cm³/mol. The lowest BCUT2D eigenvalue weighted by Gasteiger charge is -2.22. The van der Waals surface area contributed by atoms with Crippen LogP contribution >= 0.6 is 11.6 Å². The molecule has 1 aliphatic rings. The zero-order valence-electron chi connectivity index (χ0n) is 10.1. The van der Waals surface area contributed by atoms with Gasteiger partial charge in [0, 0.05) is 29.7 Å². The van der Waals surface area contributed by atoms with Crippen molar-refractivity contribution in [2.45, 2.75) is 25.4 Å². The van der Waals surface area contributed by atoms with Crippen LogP contribution in [0.25, 0.3) is 0 Å². The number of phenols is 1. The summed E-state index contributed by atoms with van der Waals surface area (Å²) in [7, 11) is 2.06. The maximum atomic E-state index is 9.77. The van der Waals surface area contributed by atoms with Gasteiger partial charge in [-0.1, -0.05) is 17.7 Å². The summed E-state index contributed by atoms with van der Waals surface area (Å²) in [5, 5.41) is 13.9. The highest BCUT2D eigenvalue weighted by atomic mass is 35.5. The Hall–Kier alpha value is -0.770. The van der Waals surface area contributed by atoms with Crippen molar-refractivity contribution in [3.8, 4) is 5.75 Å². The van der Waals surface area contributed by atoms with Gasteiger partial charge in [0.2, 0.25) is 0 Å². The maximum Gasteiger partial charge on any atom is 0.121 e. The van der Waals surface area contributed by atoms with Gasteiger partial charge in [-0.25, -0.2) is 0 Å². The summed E-state index contributed by atoms with van der Waals surface area (Å²) in [6.07, 6.45) is 2.49. The summed E-state index contributed by atoms with van der Waals surface area (Å²) >= 11 is 6.09. The van der Waals surface area contributed by atoms with Crippen LogP contribution in [0.4, 0.5) is 0 Å². The number of hydrogen-bond donors (Lipinski definition) is 2. The molecule has 17 heavy (non-hydrogen) atoms. The summed E-state index contributed by atoms with van der Waals surface area (Å²) in [5.41, 5.74) is 0.815. The summed E-state index contributed by atoms with van der Waals surface area (Å²) in [4.78, 5) is 2.20. The van der Waals surface area contributed by atoms with Crippen LogP contribution in [0, 0.1) is 0 Å². The molecule has 1 heterocycles. The lowest BCUT2D eigenvalue weighted by molar-refractivity contribution is 0.289. The van der Waals surface area contributed by atoms with Crippen molar-refractivity contribution in [2.24, 2.45) is 0 Å². The minimum Gasteiger partial charge on any atom is -0.508 e. The molecule has 1 unspecified atom stereocenters. The van der Waals surface area contributed by atoms with Gasteiger partial charge < -0.3 is 15.3 Å². The first-order valence-electron chi connectivity index (χ1n) is 6.05. The molecule has 1 aromatic rings. The number of rotatable bonds is 4. The van der Waals surface area contributed by atoms with E-state index in [0.29, 0.717) is 17.6 Å². The molecule has 1 aromatic carbocycles. The van der Waals surface area contributed by atoms with Crippen LogP contribution in [0.2, 0.25) is 5.02 Å². The second-order valence-electron chi connectivity index (χ2n) is 4.73. The van der Waals surface area contributed by atoms with Crippen molar-refractivity contribution >= 4 is 11.6 Å². The Labute approximate surface area is 107 Å². The van der Waals surface area contributed by atoms with E-state index in [-0.39, 0.29) is 5.75 Å². The van der Waals surface area contributed by atoms with Crippen LogP contribution < -0.4 is 5.32 Å². The van der Waals surface area contributed by atoms with Gasteiger partial charge in [0.05, 0.1) is 0 Å². The van der Waals surface area contributed by atoms with Crippen molar-refractivity contribution in [1.29, 1.82) is 0 Å². The average molecular weight is 255 g/mol. The Bertz CT molecular complexity index is 357. The van der Waals surface area contributed by atoms with Crippen LogP contribution in [-0.4, -0.2) is 36.2 Å². The summed E-state index contributed by atoms with van der Waals surface area (Å²) < 4.78 is 0. The summed E-state index contributed by atoms with van der Waals surface area (Å²) in [6.45, 7) is 2.80. The van der Waals surface area contributed by atoms with Crippen molar-refractivity contribution < 1.29 is 5.11 Å². The molecule has 0 bridgehead atoms. The maximum absolute atomic E-state index is 9.77. The highest BCUT2D eigenvalue weighted by molar-refractivity contribution is 6.31. The zero-order valence-corrected chi connectivity index (χ0v) is 10.9. The Kier molecular flexibility index (Phi) is 4.26. The number of aromatic hydroxyl groups is 1. The Morgan fingerprint density at radius 3 is 3.00 bits per heavy atom. The van der Waals surface area contributed by atoms with E-state index in [0.717, 1.165) is 18.7 Å². The van der Waals surface area contributed by atoms with Crippen LogP contribution in [0.15, 0.2) is 18.2 Å². The molecule has 0 amide bonds. The van der Waals surface area contributed by atoms with Crippen LogP contribution in [-0.2, 0) is 6.54 Å². The zero-order chi connectivity index (χ0) is 12.3. The second-order valence-corrected chi connectivity index (χ2v) is 5.13. The minimum atomic E-state index is 0.281. The Morgan fingerprint density at radius 2 is 2.35 bits per heavy atom. The summed E-state index contributed by atoms with van der Waals surface area (Å²) in [6, 6.07) is 5.84. The number of nitrogens with one attached hydrogen (secondary N) is 1. The van der Waals surface area contributed by atoms with Gasteiger partial charge in [-0.2, -0.15) is 0 Å². The third kappa shape index (κ3) is 3.35. The van der Waals surface area contributed by atoms with E-state index in [9.17, 15) is 5.11 Å². The molecule has 4 heteroatoms. The van der Waals surface area contributed by atoms with Gasteiger partial charge in [-0.05, 0) is 38.6 Å². The van der Waals surface area contributed by atoms with E-state index in [1.807, 2.05) is 6.07 Å². The molecule has 1 aliphatic heterocycles. The molecular formula is C13H19ClN2O. The Morgan fingerprint density at radius 1 is 1.53 bits per heavy atom. The van der Waals surface area contributed by atoms with Gasteiger partial charge in [0.1, 0.15) is 5.75 Å². The quantitative estimate of drug-likeness (QED) is 0.865. The highest BCUT2D eigenvalue weighted by Gasteiger charge is 2.17. The van der Waals surface area contributed by atoms with E-state index >= 15 is 0 Å². The van der Waals surface area contributed by atoms with Gasteiger partial charge in [0.15, 0.2) is 0 Å². The molecule has 0 spiro atoms. The fourth-order valence-corrected chi connectivity index (χ4v) is 2.56. The molecule has 0 aromatic heterocycles. The van der Waals surface area contributed by atoms with E-state index in [4.69, 9.17) is 11.6 Å². The van der Waals surface area contributed by atoms with E-state index in [2.05, 4.69) is 17.3 Å². The molecule has 1 fully saturated rings. The lowest BCUT2D eigenvalue weighted by Crippen LogP contribution is -2.35. The molecule has 1 atom stereocenters. The average Bonchev–Trinajstić information content (AvgIpc) is 2.76. The van der Waals surface area contributed by atoms with Gasteiger partial charge in [-0.3, -0.25) is 0 Å². The fourth-order valence-electron chi connectivity index (χ4n) is 2.33. The van der Waals surface area contributed by atoms with E-state index < -0.39 is 0 Å². The molecule has 94 valence electrons. The smallest absolute Gasteiger partial charge is 0.121 e. The first kappa shape index (κ1) is 12.7. The highest BCUT2D eigenvalue weighted by Crippen LogP contribution is 2.26. The normalized spacial score (nSPS) is 20.1. The molecule has 0 radical (unpaired) electrons. The number of phenolic OH excluding ortho intramolecular Hbond substituents is 1. The number of hydrogen-bond acceptors (Lipinski definition) is 3. The molecule has 1 saturated heterocycles. The third-order valence-corrected chi connectivity index (χ3v) is 3.57. The van der Waals surface area contributed by atoms with Crippen molar-refractivity contribution in [1.82, 2.24) is 10.2 Å². The fraction of sp³-hybridized carbons (Fsp3) is 0.538. The Balaban J connectivity index is 1.95. The molecule has 2 N–H and O–H groups in total. The molecular weight excluding hydrogens is 236 g/mol. The number of benzene rings is 1. The standard InChI is InChI=1S/C13H19ClN2O/c1-16(8-10-4-3-7-15-10)9-11-12(14)5-2-6-13(11)17/h2,5-6,10,15,17H,3-4,7-9H2,1H3. The molecule has 3 nitrogen and oxygen atoms in total. The van der Waals surface area contributed by atoms with Crippen LogP contribution in [0.5, 0.6) is 5.75 Å². The van der Waals surface area contributed by atoms with Crippen molar-refractivity contribution in [3.63, 3.8) is 0 Å². The first-order chi connectivity index (χ1) is 8.16. The predicted octanol–water partition coefficient (Wildman–Crippen LogP) is 2.23. The van der Waals surface area contributed by atoms with Gasteiger partial charge in [-0.15, -0.1) is 0 Å². The lowest BCUT2D eigenvalue weighted by atomic mass is 10.1. The monoisotopic (exact) mass is 254 g/mol. The molecule has 0 aliphatic carbocycles. The topological polar surface area (TPSA) is 35.5 Å². The number of nitrogens with zero attached hydrogens (tertiary/aromatic N) is 1. The largest absolute Gasteiger partial charge is 0.508 e. The molecule has 0 saturated carbocycles. The SMILES string of the molecule is CN(Cc1c(O)cccc1Cl)CC1CCCN1. The third-order valence-electron chi connectivity index (χ3n) is 3.22. The van der Waals surface area contributed by atoms with Crippen LogP contribution in [0.1, 0.15) is 18.4 Å². The number of likely N-dealkylation sites (N-methyl/N-ethyl adjacent to an activating group) is 1. The first-order valence-corrected chi connectivity index (χ1v) is 6.43.